The minimum atomic E-state index is 0.518. The molecule has 22 heavy (non-hydrogen) atoms. The summed E-state index contributed by atoms with van der Waals surface area (Å²) in [5, 5.41) is 0. The van der Waals surface area contributed by atoms with E-state index in [0.717, 1.165) is 17.9 Å². The van der Waals surface area contributed by atoms with E-state index in [9.17, 15) is 0 Å². The fourth-order valence-corrected chi connectivity index (χ4v) is 2.80. The summed E-state index contributed by atoms with van der Waals surface area (Å²) in [5.41, 5.74) is 2.73. The van der Waals surface area contributed by atoms with Crippen molar-refractivity contribution in [3.63, 3.8) is 0 Å². The predicted molar refractivity (Wildman–Crippen MR) is 91.9 cm³/mol. The molecule has 2 rings (SSSR count). The van der Waals surface area contributed by atoms with E-state index in [1.54, 1.807) is 14.2 Å². The van der Waals surface area contributed by atoms with Gasteiger partial charge in [0.15, 0.2) is 0 Å². The Kier molecular flexibility index (Phi) is 5.88. The second-order valence-electron chi connectivity index (χ2n) is 5.82. The summed E-state index contributed by atoms with van der Waals surface area (Å²) in [6.45, 7) is 4.59. The maximum Gasteiger partial charge on any atom is 0.118 e. The number of hydrogen-bond donors (Lipinski definition) is 0. The predicted octanol–water partition coefficient (Wildman–Crippen LogP) is 5.08. The maximum atomic E-state index is 5.27. The Bertz CT molecular complexity index is 557. The van der Waals surface area contributed by atoms with E-state index in [1.807, 2.05) is 12.1 Å². The Morgan fingerprint density at radius 2 is 1.32 bits per heavy atom. The van der Waals surface area contributed by atoms with Crippen LogP contribution in [-0.4, -0.2) is 14.2 Å². The molecule has 2 unspecified atom stereocenters. The van der Waals surface area contributed by atoms with Gasteiger partial charge in [0.05, 0.1) is 14.2 Å². The first-order valence-electron chi connectivity index (χ1n) is 7.94. The van der Waals surface area contributed by atoms with Gasteiger partial charge in [-0.05, 0) is 53.6 Å². The zero-order valence-electron chi connectivity index (χ0n) is 14.0. The van der Waals surface area contributed by atoms with Crippen molar-refractivity contribution in [3.8, 4) is 11.5 Å². The van der Waals surface area contributed by atoms with E-state index in [2.05, 4.69) is 50.2 Å². The highest BCUT2D eigenvalue weighted by Crippen LogP contribution is 2.32. The number of hydrogen-bond acceptors (Lipinski definition) is 2. The van der Waals surface area contributed by atoms with Crippen molar-refractivity contribution in [2.75, 3.05) is 14.2 Å². The number of benzene rings is 2. The van der Waals surface area contributed by atoms with Crippen molar-refractivity contribution in [1.29, 1.82) is 0 Å². The van der Waals surface area contributed by atoms with Crippen LogP contribution in [0.25, 0.3) is 0 Å². The van der Waals surface area contributed by atoms with Crippen molar-refractivity contribution in [2.24, 2.45) is 5.92 Å². The first-order chi connectivity index (χ1) is 10.7. The van der Waals surface area contributed by atoms with Gasteiger partial charge in [0, 0.05) is 0 Å². The molecule has 118 valence electrons. The molecule has 0 aliphatic rings. The lowest BCUT2D eigenvalue weighted by atomic mass is 9.81. The summed E-state index contributed by atoms with van der Waals surface area (Å²) >= 11 is 0. The molecule has 0 heterocycles. The topological polar surface area (TPSA) is 18.5 Å². The van der Waals surface area contributed by atoms with E-state index >= 15 is 0 Å². The van der Waals surface area contributed by atoms with Crippen LogP contribution in [0.3, 0.4) is 0 Å². The molecule has 0 N–H and O–H groups in total. The van der Waals surface area contributed by atoms with E-state index in [-0.39, 0.29) is 0 Å². The van der Waals surface area contributed by atoms with Gasteiger partial charge in [-0.15, -0.1) is 0 Å². The standard InChI is InChI=1S/C20H26O2/c1-5-15(2)20(17-8-12-19(22-4)13-9-17)14-16-6-10-18(21-3)11-7-16/h6-13,15,20H,5,14H2,1-4H3. The van der Waals surface area contributed by atoms with Crippen LogP contribution in [0.5, 0.6) is 11.5 Å². The molecule has 0 saturated carbocycles. The fraction of sp³-hybridized carbons (Fsp3) is 0.400. The first-order valence-corrected chi connectivity index (χ1v) is 7.94. The summed E-state index contributed by atoms with van der Waals surface area (Å²) in [6.07, 6.45) is 2.22. The van der Waals surface area contributed by atoms with Crippen LogP contribution in [-0.2, 0) is 6.42 Å². The van der Waals surface area contributed by atoms with Gasteiger partial charge in [-0.2, -0.15) is 0 Å². The molecule has 2 atom stereocenters. The zero-order chi connectivity index (χ0) is 15.9. The number of ether oxygens (including phenoxy) is 2. The molecule has 2 aromatic rings. The molecular weight excluding hydrogens is 272 g/mol. The molecule has 0 aromatic heterocycles. The minimum Gasteiger partial charge on any atom is -0.497 e. The van der Waals surface area contributed by atoms with Gasteiger partial charge in [-0.1, -0.05) is 44.5 Å². The molecule has 0 radical (unpaired) electrons. The second kappa shape index (κ2) is 7.88. The lowest BCUT2D eigenvalue weighted by molar-refractivity contribution is 0.412. The highest BCUT2D eigenvalue weighted by atomic mass is 16.5. The van der Waals surface area contributed by atoms with Crippen molar-refractivity contribution in [2.45, 2.75) is 32.6 Å². The molecule has 2 aromatic carbocycles. The second-order valence-corrected chi connectivity index (χ2v) is 5.82. The van der Waals surface area contributed by atoms with Gasteiger partial charge < -0.3 is 9.47 Å². The SMILES string of the molecule is CCC(C)C(Cc1ccc(OC)cc1)c1ccc(OC)cc1. The summed E-state index contributed by atoms with van der Waals surface area (Å²) in [5.74, 6) is 2.98. The molecule has 0 aliphatic heterocycles. The van der Waals surface area contributed by atoms with Crippen LogP contribution in [0.2, 0.25) is 0 Å². The normalized spacial score (nSPS) is 13.5. The lowest BCUT2D eigenvalue weighted by Crippen LogP contribution is -2.12. The quantitative estimate of drug-likeness (QED) is 0.710. The summed E-state index contributed by atoms with van der Waals surface area (Å²) in [6, 6.07) is 16.9. The Morgan fingerprint density at radius 3 is 1.77 bits per heavy atom. The van der Waals surface area contributed by atoms with Crippen molar-refractivity contribution < 1.29 is 9.47 Å². The van der Waals surface area contributed by atoms with E-state index in [0.29, 0.717) is 11.8 Å². The van der Waals surface area contributed by atoms with Crippen molar-refractivity contribution >= 4 is 0 Å². The third-order valence-electron chi connectivity index (χ3n) is 4.49. The molecule has 0 spiro atoms. The van der Waals surface area contributed by atoms with Gasteiger partial charge in [-0.25, -0.2) is 0 Å². The number of rotatable bonds is 7. The largest absolute Gasteiger partial charge is 0.497 e. The van der Waals surface area contributed by atoms with Gasteiger partial charge in [0.25, 0.3) is 0 Å². The Hall–Kier alpha value is -1.96. The van der Waals surface area contributed by atoms with Gasteiger partial charge in [0.1, 0.15) is 11.5 Å². The number of methoxy groups -OCH3 is 2. The summed E-state index contributed by atoms with van der Waals surface area (Å²) in [7, 11) is 3.41. The van der Waals surface area contributed by atoms with E-state index in [4.69, 9.17) is 9.47 Å². The first kappa shape index (κ1) is 16.4. The van der Waals surface area contributed by atoms with Crippen LogP contribution in [0.4, 0.5) is 0 Å². The van der Waals surface area contributed by atoms with Gasteiger partial charge in [-0.3, -0.25) is 0 Å². The Labute approximate surface area is 134 Å². The highest BCUT2D eigenvalue weighted by molar-refractivity contribution is 5.33. The molecule has 0 fully saturated rings. The van der Waals surface area contributed by atoms with Crippen LogP contribution < -0.4 is 9.47 Å². The highest BCUT2D eigenvalue weighted by Gasteiger charge is 2.18. The third-order valence-corrected chi connectivity index (χ3v) is 4.49. The lowest BCUT2D eigenvalue weighted by Gasteiger charge is -2.24. The zero-order valence-corrected chi connectivity index (χ0v) is 14.0. The van der Waals surface area contributed by atoms with Crippen LogP contribution >= 0.6 is 0 Å². The molecule has 0 amide bonds. The monoisotopic (exact) mass is 298 g/mol. The minimum absolute atomic E-state index is 0.518. The van der Waals surface area contributed by atoms with Gasteiger partial charge in [0.2, 0.25) is 0 Å². The fourth-order valence-electron chi connectivity index (χ4n) is 2.80. The molecular formula is C20H26O2. The summed E-state index contributed by atoms with van der Waals surface area (Å²) in [4.78, 5) is 0. The van der Waals surface area contributed by atoms with Crippen molar-refractivity contribution in [1.82, 2.24) is 0 Å². The van der Waals surface area contributed by atoms with E-state index < -0.39 is 0 Å². The van der Waals surface area contributed by atoms with Gasteiger partial charge >= 0.3 is 0 Å². The Balaban J connectivity index is 2.20. The van der Waals surface area contributed by atoms with E-state index in [1.165, 1.54) is 17.5 Å². The molecule has 0 saturated heterocycles. The molecule has 2 nitrogen and oxygen atoms in total. The van der Waals surface area contributed by atoms with Crippen molar-refractivity contribution in [3.05, 3.63) is 59.7 Å². The molecule has 0 bridgehead atoms. The summed E-state index contributed by atoms with van der Waals surface area (Å²) < 4.78 is 10.5. The van der Waals surface area contributed by atoms with Crippen LogP contribution in [0.1, 0.15) is 37.3 Å². The smallest absolute Gasteiger partial charge is 0.118 e. The average molecular weight is 298 g/mol. The van der Waals surface area contributed by atoms with Crippen LogP contribution in [0, 0.1) is 5.92 Å². The molecule has 0 aliphatic carbocycles. The molecule has 2 heteroatoms. The average Bonchev–Trinajstić information content (AvgIpc) is 2.59. The third kappa shape index (κ3) is 4.03. The van der Waals surface area contributed by atoms with Crippen LogP contribution in [0.15, 0.2) is 48.5 Å². The maximum absolute atomic E-state index is 5.27. The Morgan fingerprint density at radius 1 is 0.818 bits per heavy atom.